The van der Waals surface area contributed by atoms with Gasteiger partial charge in [-0.15, -0.1) is 0 Å². The lowest BCUT2D eigenvalue weighted by molar-refractivity contribution is -0.229. The van der Waals surface area contributed by atoms with E-state index in [0.717, 1.165) is 27.7 Å². The third-order valence-electron chi connectivity index (χ3n) is 2.84. The van der Waals surface area contributed by atoms with Crippen LogP contribution in [0.4, 0.5) is 0 Å². The second kappa shape index (κ2) is 8.27. The number of carbonyl (C=O) groups is 5. The van der Waals surface area contributed by atoms with Gasteiger partial charge in [-0.2, -0.15) is 0 Å². The monoisotopic (exact) mass is 346 g/mol. The van der Waals surface area contributed by atoms with Crippen LogP contribution in [-0.4, -0.2) is 60.9 Å². The van der Waals surface area contributed by atoms with Crippen molar-refractivity contribution < 1.29 is 47.7 Å². The van der Waals surface area contributed by atoms with E-state index in [-0.39, 0.29) is 0 Å². The lowest BCUT2D eigenvalue weighted by Crippen LogP contribution is -2.60. The van der Waals surface area contributed by atoms with Gasteiger partial charge < -0.3 is 23.7 Å². The Kier molecular flexibility index (Phi) is 6.69. The smallest absolute Gasteiger partial charge is 0.352 e. The largest absolute Gasteiger partial charge is 0.462 e. The molecule has 10 heteroatoms. The fourth-order valence-corrected chi connectivity index (χ4v) is 2.08. The third-order valence-corrected chi connectivity index (χ3v) is 2.84. The van der Waals surface area contributed by atoms with E-state index in [0.29, 0.717) is 0 Å². The number of ether oxygens (including phenoxy) is 5. The minimum Gasteiger partial charge on any atom is -0.462 e. The summed E-state index contributed by atoms with van der Waals surface area (Å²) in [5.41, 5.74) is 0. The summed E-state index contributed by atoms with van der Waals surface area (Å²) in [6, 6.07) is 0. The van der Waals surface area contributed by atoms with Crippen LogP contribution in [0, 0.1) is 0 Å². The van der Waals surface area contributed by atoms with Gasteiger partial charge in [0.2, 0.25) is 6.10 Å². The van der Waals surface area contributed by atoms with Gasteiger partial charge in [-0.3, -0.25) is 19.2 Å². The lowest BCUT2D eigenvalue weighted by atomic mass is 9.99. The van der Waals surface area contributed by atoms with Gasteiger partial charge in [0.1, 0.15) is 6.61 Å². The van der Waals surface area contributed by atoms with Crippen molar-refractivity contribution in [1.29, 1.82) is 0 Å². The summed E-state index contributed by atoms with van der Waals surface area (Å²) in [7, 11) is 0. The van der Waals surface area contributed by atoms with Gasteiger partial charge in [0.05, 0.1) is 0 Å². The van der Waals surface area contributed by atoms with E-state index in [2.05, 4.69) is 0 Å². The molecule has 0 aromatic carbocycles. The maximum atomic E-state index is 12.0. The Morgan fingerprint density at radius 3 is 1.79 bits per heavy atom. The van der Waals surface area contributed by atoms with Crippen molar-refractivity contribution in [3.05, 3.63) is 0 Å². The zero-order valence-electron chi connectivity index (χ0n) is 13.6. The number of hydrogen-bond donors (Lipinski definition) is 0. The fraction of sp³-hybridized carbons (Fsp3) is 0.643. The molecule has 24 heavy (non-hydrogen) atoms. The first-order valence-electron chi connectivity index (χ1n) is 6.97. The summed E-state index contributed by atoms with van der Waals surface area (Å²) in [6.07, 6.45) is -5.57. The number of rotatable bonds is 5. The van der Waals surface area contributed by atoms with Crippen LogP contribution in [0.3, 0.4) is 0 Å². The Balaban J connectivity index is 3.13. The number of esters is 5. The molecule has 1 aliphatic heterocycles. The Morgan fingerprint density at radius 2 is 1.33 bits per heavy atom. The molecule has 0 unspecified atom stereocenters. The topological polar surface area (TPSA) is 132 Å². The zero-order chi connectivity index (χ0) is 18.4. The molecule has 1 rings (SSSR count). The van der Waals surface area contributed by atoms with Crippen molar-refractivity contribution in [3.63, 3.8) is 0 Å². The third kappa shape index (κ3) is 5.52. The van der Waals surface area contributed by atoms with Crippen LogP contribution in [0.25, 0.3) is 0 Å². The molecule has 1 saturated heterocycles. The molecule has 0 aromatic heterocycles. The van der Waals surface area contributed by atoms with Gasteiger partial charge in [0.25, 0.3) is 0 Å². The molecule has 0 radical (unpaired) electrons. The minimum atomic E-state index is -1.61. The summed E-state index contributed by atoms with van der Waals surface area (Å²) in [4.78, 5) is 56.8. The van der Waals surface area contributed by atoms with E-state index >= 15 is 0 Å². The highest BCUT2D eigenvalue weighted by Gasteiger charge is 2.52. The average molecular weight is 346 g/mol. The molecule has 10 nitrogen and oxygen atoms in total. The highest BCUT2D eigenvalue weighted by molar-refractivity contribution is 5.81. The molecule has 0 aromatic rings. The lowest BCUT2D eigenvalue weighted by Gasteiger charge is -2.39. The maximum Gasteiger partial charge on any atom is 0.352 e. The van der Waals surface area contributed by atoms with Crippen molar-refractivity contribution in [2.75, 3.05) is 6.61 Å². The summed E-state index contributed by atoms with van der Waals surface area (Å²) in [5, 5.41) is 0. The van der Waals surface area contributed by atoms with Gasteiger partial charge in [-0.05, 0) is 0 Å². The molecule has 0 N–H and O–H groups in total. The van der Waals surface area contributed by atoms with Crippen molar-refractivity contribution in [2.24, 2.45) is 0 Å². The van der Waals surface area contributed by atoms with Crippen LogP contribution in [0.1, 0.15) is 27.7 Å². The van der Waals surface area contributed by atoms with Crippen molar-refractivity contribution in [2.45, 2.75) is 52.1 Å². The molecule has 0 spiro atoms. The second-order valence-corrected chi connectivity index (χ2v) is 4.96. The molecule has 0 aliphatic carbocycles. The van der Waals surface area contributed by atoms with Crippen LogP contribution < -0.4 is 0 Å². The Morgan fingerprint density at radius 1 is 0.833 bits per heavy atom. The quantitative estimate of drug-likeness (QED) is 0.463. The molecule has 134 valence electrons. The molecule has 4 atom stereocenters. The van der Waals surface area contributed by atoms with Crippen LogP contribution in [0.2, 0.25) is 0 Å². The summed E-state index contributed by atoms with van der Waals surface area (Å²) in [6.45, 7) is 3.91. The first kappa shape index (κ1) is 19.4. The van der Waals surface area contributed by atoms with Gasteiger partial charge in [0, 0.05) is 27.7 Å². The molecule has 1 fully saturated rings. The van der Waals surface area contributed by atoms with Crippen molar-refractivity contribution in [3.8, 4) is 0 Å². The normalized spacial score (nSPS) is 25.9. The summed E-state index contributed by atoms with van der Waals surface area (Å²) in [5.74, 6) is -4.05. The van der Waals surface area contributed by atoms with E-state index in [1.807, 2.05) is 0 Å². The molecule has 0 saturated carbocycles. The molecule has 1 aliphatic rings. The summed E-state index contributed by atoms with van der Waals surface area (Å²) >= 11 is 0. The SMILES string of the molecule is CC(=O)OC[C@H]1OC(=O)[C@@H](OC(C)=O)[C@@H](OC(C)=O)[C@@H]1OC(C)=O. The predicted octanol–water partition coefficient (Wildman–Crippen LogP) is -0.730. The van der Waals surface area contributed by atoms with E-state index < -0.39 is 60.9 Å². The number of hydrogen-bond acceptors (Lipinski definition) is 10. The highest BCUT2D eigenvalue weighted by atomic mass is 16.7. The van der Waals surface area contributed by atoms with E-state index in [1.165, 1.54) is 0 Å². The van der Waals surface area contributed by atoms with Gasteiger partial charge in [-0.1, -0.05) is 0 Å². The Bertz CT molecular complexity index is 540. The van der Waals surface area contributed by atoms with Crippen molar-refractivity contribution in [1.82, 2.24) is 0 Å². The van der Waals surface area contributed by atoms with Gasteiger partial charge >= 0.3 is 29.8 Å². The van der Waals surface area contributed by atoms with Crippen LogP contribution in [0.15, 0.2) is 0 Å². The molecular formula is C14H18O10. The first-order valence-corrected chi connectivity index (χ1v) is 6.97. The van der Waals surface area contributed by atoms with E-state index in [4.69, 9.17) is 23.7 Å². The Hall–Kier alpha value is -2.65. The zero-order valence-corrected chi connectivity index (χ0v) is 13.6. The van der Waals surface area contributed by atoms with E-state index in [1.54, 1.807) is 0 Å². The standard InChI is InChI=1S/C14H18O10/c1-6(15)20-5-10-11(21-7(2)16)12(22-8(3)17)13(14(19)24-10)23-9(4)18/h10-13H,5H2,1-4H3/t10-,11-,12+,13+/m1/s1. The van der Waals surface area contributed by atoms with Gasteiger partial charge in [0.15, 0.2) is 18.3 Å². The fourth-order valence-electron chi connectivity index (χ4n) is 2.08. The van der Waals surface area contributed by atoms with Crippen LogP contribution in [0.5, 0.6) is 0 Å². The summed E-state index contributed by atoms with van der Waals surface area (Å²) < 4.78 is 24.6. The first-order chi connectivity index (χ1) is 11.1. The molecule has 0 amide bonds. The predicted molar refractivity (Wildman–Crippen MR) is 73.2 cm³/mol. The van der Waals surface area contributed by atoms with E-state index in [9.17, 15) is 24.0 Å². The molecular weight excluding hydrogens is 328 g/mol. The second-order valence-electron chi connectivity index (χ2n) is 4.96. The van der Waals surface area contributed by atoms with Gasteiger partial charge in [-0.25, -0.2) is 4.79 Å². The molecule has 0 bridgehead atoms. The maximum absolute atomic E-state index is 12.0. The number of carbonyl (C=O) groups excluding carboxylic acids is 5. The molecule has 1 heterocycles. The van der Waals surface area contributed by atoms with Crippen molar-refractivity contribution >= 4 is 29.8 Å². The minimum absolute atomic E-state index is 0.427. The Labute approximate surface area is 137 Å². The average Bonchev–Trinajstić information content (AvgIpc) is 2.42. The van der Waals surface area contributed by atoms with Crippen LogP contribution in [-0.2, 0) is 47.7 Å². The highest BCUT2D eigenvalue weighted by Crippen LogP contribution is 2.25. The number of cyclic esters (lactones) is 1. The van der Waals surface area contributed by atoms with Crippen LogP contribution >= 0.6 is 0 Å².